The number of anilines is 2. The van der Waals surface area contributed by atoms with Gasteiger partial charge in [0.25, 0.3) is 5.78 Å². The molecular weight excluding hydrogens is 416 g/mol. The summed E-state index contributed by atoms with van der Waals surface area (Å²) in [6.45, 7) is 3.98. The maximum atomic E-state index is 13.0. The molecule has 2 aromatic carbocycles. The molecule has 168 valence electrons. The zero-order valence-electron chi connectivity index (χ0n) is 18.5. The Hall–Kier alpha value is -3.94. The molecule has 0 aliphatic carbocycles. The molecule has 1 amide bonds. The van der Waals surface area contributed by atoms with Crippen molar-refractivity contribution in [2.75, 3.05) is 29.9 Å². The van der Waals surface area contributed by atoms with Crippen LogP contribution in [0.1, 0.15) is 19.8 Å². The molecule has 1 aliphatic heterocycles. The number of piperidine rings is 1. The molecule has 33 heavy (non-hydrogen) atoms. The summed E-state index contributed by atoms with van der Waals surface area (Å²) in [5.41, 5.74) is 2.61. The van der Waals surface area contributed by atoms with E-state index in [0.29, 0.717) is 18.1 Å². The van der Waals surface area contributed by atoms with Crippen LogP contribution in [0.25, 0.3) is 17.0 Å². The minimum Gasteiger partial charge on any atom is -0.492 e. The Morgan fingerprint density at radius 3 is 2.64 bits per heavy atom. The molecule has 0 unspecified atom stereocenters. The second-order valence-corrected chi connectivity index (χ2v) is 8.02. The molecule has 4 aromatic rings. The molecule has 0 saturated carbocycles. The number of nitrogens with zero attached hydrogens (tertiary/aromatic N) is 5. The monoisotopic (exact) mass is 442 g/mol. The second kappa shape index (κ2) is 9.28. The van der Waals surface area contributed by atoms with Crippen LogP contribution in [-0.4, -0.2) is 45.2 Å². The fraction of sp³-hybridized carbons (Fsp3) is 0.280. The van der Waals surface area contributed by atoms with E-state index in [2.05, 4.69) is 31.3 Å². The van der Waals surface area contributed by atoms with E-state index < -0.39 is 0 Å². The van der Waals surface area contributed by atoms with Gasteiger partial charge in [0.1, 0.15) is 17.9 Å². The maximum absolute atomic E-state index is 13.0. The van der Waals surface area contributed by atoms with Crippen molar-refractivity contribution in [3.05, 3.63) is 67.0 Å². The van der Waals surface area contributed by atoms with Crippen molar-refractivity contribution >= 4 is 23.2 Å². The number of nitrogens with one attached hydrogen (secondary N) is 1. The molecule has 2 aromatic heterocycles. The van der Waals surface area contributed by atoms with Crippen LogP contribution >= 0.6 is 0 Å². The summed E-state index contributed by atoms with van der Waals surface area (Å²) in [6, 6.07) is 19.7. The van der Waals surface area contributed by atoms with Crippen LogP contribution in [0.2, 0.25) is 0 Å². The van der Waals surface area contributed by atoms with E-state index in [1.165, 1.54) is 6.33 Å². The van der Waals surface area contributed by atoms with E-state index in [-0.39, 0.29) is 11.8 Å². The van der Waals surface area contributed by atoms with E-state index in [9.17, 15) is 4.79 Å². The molecule has 8 nitrogen and oxygen atoms in total. The van der Waals surface area contributed by atoms with Gasteiger partial charge < -0.3 is 15.0 Å². The van der Waals surface area contributed by atoms with Crippen LogP contribution < -0.4 is 15.0 Å². The standard InChI is InChI=1S/C25H26N6O2/c1-2-33-22-11-7-6-10-20(22)28-24(32)19-12-14-30(15-13-19)23-16-21(18-8-4-3-5-9-18)29-25-26-17-27-31(23)25/h3-11,16-17,19H,2,12-15H2,1H3,(H,28,32). The zero-order valence-corrected chi connectivity index (χ0v) is 18.5. The van der Waals surface area contributed by atoms with E-state index in [1.54, 1.807) is 4.52 Å². The number of fused-ring (bicyclic) bond motifs is 1. The highest BCUT2D eigenvalue weighted by Gasteiger charge is 2.27. The number of hydrogen-bond acceptors (Lipinski definition) is 6. The van der Waals surface area contributed by atoms with Gasteiger partial charge in [0, 0.05) is 30.6 Å². The second-order valence-electron chi connectivity index (χ2n) is 8.02. The third-order valence-corrected chi connectivity index (χ3v) is 5.94. The Morgan fingerprint density at radius 1 is 1.09 bits per heavy atom. The van der Waals surface area contributed by atoms with Gasteiger partial charge in [0.2, 0.25) is 5.91 Å². The van der Waals surface area contributed by atoms with Gasteiger partial charge in [-0.25, -0.2) is 4.98 Å². The SMILES string of the molecule is CCOc1ccccc1NC(=O)C1CCN(c2cc(-c3ccccc3)nc3ncnn23)CC1. The lowest BCUT2D eigenvalue weighted by atomic mass is 9.95. The van der Waals surface area contributed by atoms with Crippen LogP contribution in [0, 0.1) is 5.92 Å². The number of carbonyl (C=O) groups excluding carboxylic acids is 1. The van der Waals surface area contributed by atoms with Gasteiger partial charge >= 0.3 is 0 Å². The molecule has 3 heterocycles. The number of ether oxygens (including phenoxy) is 1. The fourth-order valence-electron chi connectivity index (χ4n) is 4.24. The maximum Gasteiger partial charge on any atom is 0.254 e. The number of amides is 1. The first kappa shape index (κ1) is 20.9. The number of para-hydroxylation sites is 2. The highest BCUT2D eigenvalue weighted by molar-refractivity contribution is 5.94. The predicted octanol–water partition coefficient (Wildman–Crippen LogP) is 4.05. The van der Waals surface area contributed by atoms with Crippen LogP contribution in [-0.2, 0) is 4.79 Å². The van der Waals surface area contributed by atoms with Crippen molar-refractivity contribution in [2.24, 2.45) is 5.92 Å². The summed E-state index contributed by atoms with van der Waals surface area (Å²) >= 11 is 0. The van der Waals surface area contributed by atoms with Crippen LogP contribution in [0.3, 0.4) is 0 Å². The third-order valence-electron chi connectivity index (χ3n) is 5.94. The lowest BCUT2D eigenvalue weighted by molar-refractivity contribution is -0.120. The average Bonchev–Trinajstić information content (AvgIpc) is 3.34. The molecule has 1 aliphatic rings. The van der Waals surface area contributed by atoms with Crippen molar-refractivity contribution < 1.29 is 9.53 Å². The summed E-state index contributed by atoms with van der Waals surface area (Å²) in [5, 5.41) is 7.43. The molecule has 1 fully saturated rings. The van der Waals surface area contributed by atoms with Gasteiger partial charge in [0.15, 0.2) is 0 Å². The number of aromatic nitrogens is 4. The lowest BCUT2D eigenvalue weighted by Crippen LogP contribution is -2.39. The highest BCUT2D eigenvalue weighted by atomic mass is 16.5. The zero-order chi connectivity index (χ0) is 22.6. The Balaban J connectivity index is 1.31. The summed E-state index contributed by atoms with van der Waals surface area (Å²) < 4.78 is 7.41. The molecule has 0 spiro atoms. The Kier molecular flexibility index (Phi) is 5.89. The van der Waals surface area contributed by atoms with Gasteiger partial charge in [-0.1, -0.05) is 42.5 Å². The van der Waals surface area contributed by atoms with E-state index in [1.807, 2.05) is 61.5 Å². The van der Waals surface area contributed by atoms with Crippen molar-refractivity contribution in [3.8, 4) is 17.0 Å². The summed E-state index contributed by atoms with van der Waals surface area (Å²) in [5.74, 6) is 2.19. The Bertz CT molecular complexity index is 1250. The molecule has 0 radical (unpaired) electrons. The molecule has 5 rings (SSSR count). The molecule has 8 heteroatoms. The van der Waals surface area contributed by atoms with Crippen LogP contribution in [0.5, 0.6) is 5.75 Å². The predicted molar refractivity (Wildman–Crippen MR) is 127 cm³/mol. The number of benzene rings is 2. The van der Waals surface area contributed by atoms with Crippen molar-refractivity contribution in [1.82, 2.24) is 19.6 Å². The van der Waals surface area contributed by atoms with Gasteiger partial charge in [-0.2, -0.15) is 14.6 Å². The molecule has 1 N–H and O–H groups in total. The fourth-order valence-corrected chi connectivity index (χ4v) is 4.24. The first-order chi connectivity index (χ1) is 16.2. The van der Waals surface area contributed by atoms with Crippen molar-refractivity contribution in [2.45, 2.75) is 19.8 Å². The van der Waals surface area contributed by atoms with Crippen molar-refractivity contribution in [3.63, 3.8) is 0 Å². The first-order valence-electron chi connectivity index (χ1n) is 11.3. The van der Waals surface area contributed by atoms with Gasteiger partial charge in [-0.15, -0.1) is 0 Å². The normalized spacial score (nSPS) is 14.4. The number of hydrogen-bond donors (Lipinski definition) is 1. The summed E-state index contributed by atoms with van der Waals surface area (Å²) in [4.78, 5) is 24.2. The minimum atomic E-state index is -0.0578. The van der Waals surface area contributed by atoms with Crippen molar-refractivity contribution in [1.29, 1.82) is 0 Å². The number of rotatable bonds is 6. The number of carbonyl (C=O) groups is 1. The quantitative estimate of drug-likeness (QED) is 0.485. The van der Waals surface area contributed by atoms with Gasteiger partial charge in [0.05, 0.1) is 18.0 Å². The molecule has 0 bridgehead atoms. The smallest absolute Gasteiger partial charge is 0.254 e. The van der Waals surface area contributed by atoms with Gasteiger partial charge in [-0.3, -0.25) is 4.79 Å². The first-order valence-corrected chi connectivity index (χ1v) is 11.3. The average molecular weight is 443 g/mol. The Morgan fingerprint density at radius 2 is 1.85 bits per heavy atom. The summed E-state index contributed by atoms with van der Waals surface area (Å²) in [6.07, 6.45) is 3.03. The van der Waals surface area contributed by atoms with E-state index >= 15 is 0 Å². The van der Waals surface area contributed by atoms with Crippen LogP contribution in [0.4, 0.5) is 11.5 Å². The molecule has 1 saturated heterocycles. The van der Waals surface area contributed by atoms with Gasteiger partial charge in [-0.05, 0) is 31.9 Å². The highest BCUT2D eigenvalue weighted by Crippen LogP contribution is 2.29. The third kappa shape index (κ3) is 4.37. The largest absolute Gasteiger partial charge is 0.492 e. The van der Waals surface area contributed by atoms with Crippen LogP contribution in [0.15, 0.2) is 67.0 Å². The topological polar surface area (TPSA) is 84.6 Å². The molecular formula is C25H26N6O2. The van der Waals surface area contributed by atoms with E-state index in [4.69, 9.17) is 4.74 Å². The minimum absolute atomic E-state index is 0.0346. The Labute approximate surface area is 192 Å². The summed E-state index contributed by atoms with van der Waals surface area (Å²) in [7, 11) is 0. The lowest BCUT2D eigenvalue weighted by Gasteiger charge is -2.33. The van der Waals surface area contributed by atoms with E-state index in [0.717, 1.165) is 48.7 Å². The molecule has 0 atom stereocenters.